The third-order valence-electron chi connectivity index (χ3n) is 3.67. The number of halogens is 1. The molecule has 126 valence electrons. The van der Waals surface area contributed by atoms with Crippen LogP contribution in [0.1, 0.15) is 5.56 Å². The average molecular weight is 411 g/mol. The number of nitrogens with zero attached hydrogens (tertiary/aromatic N) is 2. The lowest BCUT2D eigenvalue weighted by Crippen LogP contribution is -2.22. The molecule has 0 spiro atoms. The van der Waals surface area contributed by atoms with Gasteiger partial charge in [0, 0.05) is 24.6 Å². The Balaban J connectivity index is 2.06. The second kappa shape index (κ2) is 6.19. The number of aromatic nitrogens is 1. The second-order valence-electron chi connectivity index (χ2n) is 5.50. The highest BCUT2D eigenvalue weighted by atomic mass is 79.9. The van der Waals surface area contributed by atoms with E-state index in [4.69, 9.17) is 4.42 Å². The van der Waals surface area contributed by atoms with Crippen molar-refractivity contribution in [2.24, 2.45) is 0 Å². The Morgan fingerprint density at radius 3 is 2.42 bits per heavy atom. The molecule has 0 atom stereocenters. The molecule has 2 aromatic carbocycles. The summed E-state index contributed by atoms with van der Waals surface area (Å²) in [5.41, 5.74) is 1.74. The number of fused-ring (bicyclic) bond motifs is 1. The summed E-state index contributed by atoms with van der Waals surface area (Å²) < 4.78 is 33.1. The Bertz CT molecular complexity index is 1050. The SMILES string of the molecule is CN(C)S(=O)(=O)c1ccc2c(c1)oc(=O)n2Cc1ccc(Br)cc1. The van der Waals surface area contributed by atoms with Crippen LogP contribution in [0.3, 0.4) is 0 Å². The lowest BCUT2D eigenvalue weighted by Gasteiger charge is -2.11. The van der Waals surface area contributed by atoms with E-state index < -0.39 is 15.8 Å². The van der Waals surface area contributed by atoms with Crippen molar-refractivity contribution in [2.45, 2.75) is 11.4 Å². The Hall–Kier alpha value is -1.90. The minimum Gasteiger partial charge on any atom is -0.408 e. The predicted octanol–water partition coefficient (Wildman–Crippen LogP) is 2.66. The van der Waals surface area contributed by atoms with E-state index in [1.807, 2.05) is 24.3 Å². The van der Waals surface area contributed by atoms with Crippen LogP contribution in [0, 0.1) is 0 Å². The molecule has 0 aliphatic heterocycles. The van der Waals surface area contributed by atoms with Gasteiger partial charge in [-0.2, -0.15) is 0 Å². The zero-order valence-corrected chi connectivity index (χ0v) is 15.5. The number of hydrogen-bond donors (Lipinski definition) is 0. The van der Waals surface area contributed by atoms with Gasteiger partial charge in [0.15, 0.2) is 5.58 Å². The summed E-state index contributed by atoms with van der Waals surface area (Å²) in [5.74, 6) is -0.521. The predicted molar refractivity (Wildman–Crippen MR) is 94.6 cm³/mol. The maximum Gasteiger partial charge on any atom is 0.420 e. The third kappa shape index (κ3) is 3.04. The summed E-state index contributed by atoms with van der Waals surface area (Å²) in [6.07, 6.45) is 0. The van der Waals surface area contributed by atoms with Gasteiger partial charge in [0.05, 0.1) is 17.0 Å². The summed E-state index contributed by atoms with van der Waals surface area (Å²) >= 11 is 3.37. The summed E-state index contributed by atoms with van der Waals surface area (Å²) in [5, 5.41) is 0. The van der Waals surface area contributed by atoms with E-state index in [9.17, 15) is 13.2 Å². The summed E-state index contributed by atoms with van der Waals surface area (Å²) in [6.45, 7) is 0.346. The van der Waals surface area contributed by atoms with Gasteiger partial charge in [-0.25, -0.2) is 17.5 Å². The van der Waals surface area contributed by atoms with Crippen LogP contribution in [0.25, 0.3) is 11.1 Å². The number of hydrogen-bond acceptors (Lipinski definition) is 4. The molecule has 1 aromatic heterocycles. The number of oxazole rings is 1. The van der Waals surface area contributed by atoms with Gasteiger partial charge >= 0.3 is 5.76 Å². The van der Waals surface area contributed by atoms with Crippen molar-refractivity contribution in [1.29, 1.82) is 0 Å². The number of rotatable bonds is 4. The van der Waals surface area contributed by atoms with Crippen LogP contribution >= 0.6 is 15.9 Å². The van der Waals surface area contributed by atoms with Crippen molar-refractivity contribution >= 4 is 37.1 Å². The van der Waals surface area contributed by atoms with Crippen molar-refractivity contribution in [3.8, 4) is 0 Å². The Labute approximate surface area is 147 Å². The maximum atomic E-state index is 12.2. The zero-order chi connectivity index (χ0) is 17.5. The van der Waals surface area contributed by atoms with Crippen molar-refractivity contribution in [2.75, 3.05) is 14.1 Å². The van der Waals surface area contributed by atoms with Crippen LogP contribution in [-0.2, 0) is 16.6 Å². The van der Waals surface area contributed by atoms with Gasteiger partial charge in [0.25, 0.3) is 0 Å². The fourth-order valence-corrected chi connectivity index (χ4v) is 3.52. The molecular weight excluding hydrogens is 396 g/mol. The van der Waals surface area contributed by atoms with Crippen molar-refractivity contribution in [3.63, 3.8) is 0 Å². The summed E-state index contributed by atoms with van der Waals surface area (Å²) in [4.78, 5) is 12.2. The van der Waals surface area contributed by atoms with Crippen LogP contribution in [0.2, 0.25) is 0 Å². The van der Waals surface area contributed by atoms with Gasteiger partial charge in [-0.15, -0.1) is 0 Å². The highest BCUT2D eigenvalue weighted by molar-refractivity contribution is 9.10. The van der Waals surface area contributed by atoms with Crippen LogP contribution in [-0.4, -0.2) is 31.4 Å². The molecule has 0 fully saturated rings. The molecule has 6 nitrogen and oxygen atoms in total. The number of sulfonamides is 1. The molecule has 0 saturated heterocycles. The van der Waals surface area contributed by atoms with Crippen LogP contribution in [0.5, 0.6) is 0 Å². The zero-order valence-electron chi connectivity index (χ0n) is 13.1. The summed E-state index contributed by atoms with van der Waals surface area (Å²) in [6, 6.07) is 12.0. The topological polar surface area (TPSA) is 72.5 Å². The van der Waals surface area contributed by atoms with E-state index in [1.165, 1.54) is 30.8 Å². The average Bonchev–Trinajstić information content (AvgIpc) is 2.84. The highest BCUT2D eigenvalue weighted by Gasteiger charge is 2.19. The number of benzene rings is 2. The first kappa shape index (κ1) is 16.9. The quantitative estimate of drug-likeness (QED) is 0.662. The van der Waals surface area contributed by atoms with Gasteiger partial charge in [-0.3, -0.25) is 4.57 Å². The van der Waals surface area contributed by atoms with Gasteiger partial charge in [-0.05, 0) is 29.8 Å². The van der Waals surface area contributed by atoms with Crippen molar-refractivity contribution in [1.82, 2.24) is 8.87 Å². The van der Waals surface area contributed by atoms with Crippen LogP contribution in [0.4, 0.5) is 0 Å². The molecule has 0 aliphatic carbocycles. The molecule has 1 heterocycles. The molecule has 3 aromatic rings. The Morgan fingerprint density at radius 1 is 1.12 bits per heavy atom. The van der Waals surface area contributed by atoms with Gasteiger partial charge in [-0.1, -0.05) is 28.1 Å². The molecule has 0 unspecified atom stereocenters. The minimum atomic E-state index is -3.58. The van der Waals surface area contributed by atoms with Crippen molar-refractivity contribution < 1.29 is 12.8 Å². The molecule has 0 bridgehead atoms. The van der Waals surface area contributed by atoms with Crippen LogP contribution in [0.15, 0.2) is 61.0 Å². The molecule has 0 saturated carbocycles. The lowest BCUT2D eigenvalue weighted by atomic mass is 10.2. The van der Waals surface area contributed by atoms with E-state index in [1.54, 1.807) is 6.07 Å². The fraction of sp³-hybridized carbons (Fsp3) is 0.188. The fourth-order valence-electron chi connectivity index (χ4n) is 2.34. The van der Waals surface area contributed by atoms with E-state index in [2.05, 4.69) is 15.9 Å². The van der Waals surface area contributed by atoms with E-state index in [0.29, 0.717) is 12.1 Å². The first-order chi connectivity index (χ1) is 11.3. The molecule has 3 rings (SSSR count). The maximum absolute atomic E-state index is 12.2. The highest BCUT2D eigenvalue weighted by Crippen LogP contribution is 2.21. The Kier molecular flexibility index (Phi) is 4.37. The van der Waals surface area contributed by atoms with Crippen molar-refractivity contribution in [3.05, 3.63) is 63.1 Å². The van der Waals surface area contributed by atoms with E-state index >= 15 is 0 Å². The molecule has 8 heteroatoms. The first-order valence-corrected chi connectivity index (χ1v) is 9.33. The normalized spacial score (nSPS) is 12.2. The molecule has 0 amide bonds. The molecule has 0 radical (unpaired) electrons. The molecular formula is C16H15BrN2O4S. The lowest BCUT2D eigenvalue weighted by molar-refractivity contribution is 0.513. The van der Waals surface area contributed by atoms with Gasteiger partial charge < -0.3 is 4.42 Å². The van der Waals surface area contributed by atoms with Gasteiger partial charge in [0.1, 0.15) is 0 Å². The van der Waals surface area contributed by atoms with E-state index in [-0.39, 0.29) is 10.5 Å². The molecule has 24 heavy (non-hydrogen) atoms. The largest absolute Gasteiger partial charge is 0.420 e. The van der Waals surface area contributed by atoms with Crippen LogP contribution < -0.4 is 5.76 Å². The monoisotopic (exact) mass is 410 g/mol. The summed E-state index contributed by atoms with van der Waals surface area (Å²) in [7, 11) is -0.673. The third-order valence-corrected chi connectivity index (χ3v) is 6.01. The first-order valence-electron chi connectivity index (χ1n) is 7.09. The van der Waals surface area contributed by atoms with Gasteiger partial charge in [0.2, 0.25) is 10.0 Å². The standard InChI is InChI=1S/C16H15BrN2O4S/c1-18(2)24(21,22)13-7-8-14-15(9-13)23-16(20)19(14)10-11-3-5-12(17)6-4-11/h3-9H,10H2,1-2H3. The molecule has 0 aliphatic rings. The second-order valence-corrected chi connectivity index (χ2v) is 8.57. The Morgan fingerprint density at radius 2 is 1.79 bits per heavy atom. The smallest absolute Gasteiger partial charge is 0.408 e. The van der Waals surface area contributed by atoms with E-state index in [0.717, 1.165) is 14.3 Å². The minimum absolute atomic E-state index is 0.0875. The molecule has 0 N–H and O–H groups in total.